The Morgan fingerprint density at radius 1 is 1.50 bits per heavy atom. The van der Waals surface area contributed by atoms with Crippen molar-refractivity contribution < 1.29 is 4.74 Å². The van der Waals surface area contributed by atoms with E-state index in [1.54, 1.807) is 13.2 Å². The minimum Gasteiger partial charge on any atom is -0.481 e. The summed E-state index contributed by atoms with van der Waals surface area (Å²) in [5.74, 6) is 2.11. The summed E-state index contributed by atoms with van der Waals surface area (Å²) in [7, 11) is 3.53. The average molecular weight is 196 g/mol. The predicted molar refractivity (Wildman–Crippen MR) is 55.6 cm³/mol. The Morgan fingerprint density at radius 2 is 2.21 bits per heavy atom. The van der Waals surface area contributed by atoms with Crippen LogP contribution < -0.4 is 15.4 Å². The van der Waals surface area contributed by atoms with Gasteiger partial charge in [0.2, 0.25) is 5.88 Å². The van der Waals surface area contributed by atoms with Crippen LogP contribution in [0, 0.1) is 6.92 Å². The van der Waals surface area contributed by atoms with Gasteiger partial charge in [0.25, 0.3) is 0 Å². The smallest absolute Gasteiger partial charge is 0.218 e. The quantitative estimate of drug-likeness (QED) is 0.744. The largest absolute Gasteiger partial charge is 0.481 e. The summed E-state index contributed by atoms with van der Waals surface area (Å²) in [5.41, 5.74) is 5.46. The fourth-order valence-corrected chi connectivity index (χ4v) is 1.13. The van der Waals surface area contributed by atoms with Crippen molar-refractivity contribution in [1.82, 2.24) is 9.97 Å². The lowest BCUT2D eigenvalue weighted by Crippen LogP contribution is -2.26. The lowest BCUT2D eigenvalue weighted by atomic mass is 10.4. The summed E-state index contributed by atoms with van der Waals surface area (Å²) in [6.45, 7) is 3.20. The minimum atomic E-state index is 0.580. The van der Waals surface area contributed by atoms with Gasteiger partial charge in [-0.1, -0.05) is 0 Å². The number of aromatic nitrogens is 2. The van der Waals surface area contributed by atoms with E-state index in [1.165, 1.54) is 0 Å². The molecule has 0 aliphatic carbocycles. The van der Waals surface area contributed by atoms with Crippen molar-refractivity contribution in [2.24, 2.45) is 5.73 Å². The molecule has 0 saturated heterocycles. The zero-order valence-electron chi connectivity index (χ0n) is 8.82. The fraction of sp³-hybridized carbons (Fsp3) is 0.556. The first-order valence-corrected chi connectivity index (χ1v) is 4.48. The number of anilines is 1. The molecule has 2 N–H and O–H groups in total. The molecule has 14 heavy (non-hydrogen) atoms. The van der Waals surface area contributed by atoms with E-state index in [1.807, 2.05) is 18.9 Å². The highest BCUT2D eigenvalue weighted by molar-refractivity contribution is 5.40. The SMILES string of the molecule is COc1cc(N(C)CCN)nc(C)n1. The maximum absolute atomic E-state index is 5.46. The summed E-state index contributed by atoms with van der Waals surface area (Å²) in [4.78, 5) is 10.4. The molecule has 0 spiro atoms. The first-order valence-electron chi connectivity index (χ1n) is 4.48. The maximum Gasteiger partial charge on any atom is 0.218 e. The molecule has 1 rings (SSSR count). The van der Waals surface area contributed by atoms with Crippen LogP contribution in [0.3, 0.4) is 0 Å². The topological polar surface area (TPSA) is 64.3 Å². The van der Waals surface area contributed by atoms with Gasteiger partial charge in [-0.3, -0.25) is 0 Å². The van der Waals surface area contributed by atoms with Gasteiger partial charge in [0.05, 0.1) is 7.11 Å². The molecule has 0 bridgehead atoms. The molecule has 0 unspecified atom stereocenters. The Kier molecular flexibility index (Phi) is 3.64. The Balaban J connectivity index is 2.90. The van der Waals surface area contributed by atoms with Gasteiger partial charge in [-0.25, -0.2) is 4.98 Å². The molecule has 1 aromatic rings. The zero-order chi connectivity index (χ0) is 10.6. The van der Waals surface area contributed by atoms with E-state index in [9.17, 15) is 0 Å². The third-order valence-corrected chi connectivity index (χ3v) is 1.87. The van der Waals surface area contributed by atoms with E-state index in [0.717, 1.165) is 12.4 Å². The molecule has 0 aliphatic heterocycles. The van der Waals surface area contributed by atoms with E-state index in [0.29, 0.717) is 18.2 Å². The van der Waals surface area contributed by atoms with Crippen LogP contribution in [0.1, 0.15) is 5.82 Å². The first kappa shape index (κ1) is 10.7. The summed E-state index contributed by atoms with van der Waals surface area (Å²) in [6, 6.07) is 1.79. The summed E-state index contributed by atoms with van der Waals surface area (Å²) in [5, 5.41) is 0. The van der Waals surface area contributed by atoms with Gasteiger partial charge in [-0.15, -0.1) is 0 Å². The lowest BCUT2D eigenvalue weighted by Gasteiger charge is -2.17. The fourth-order valence-electron chi connectivity index (χ4n) is 1.13. The standard InChI is InChI=1S/C9H16N4O/c1-7-11-8(13(2)5-4-10)6-9(12-7)14-3/h6H,4-5,10H2,1-3H3. The highest BCUT2D eigenvalue weighted by Crippen LogP contribution is 2.15. The molecule has 0 radical (unpaired) electrons. The Hall–Kier alpha value is -1.36. The maximum atomic E-state index is 5.46. The molecule has 5 heteroatoms. The normalized spacial score (nSPS) is 10.0. The Morgan fingerprint density at radius 3 is 2.79 bits per heavy atom. The van der Waals surface area contributed by atoms with Crippen molar-refractivity contribution in [3.63, 3.8) is 0 Å². The van der Waals surface area contributed by atoms with Crippen molar-refractivity contribution in [1.29, 1.82) is 0 Å². The number of likely N-dealkylation sites (N-methyl/N-ethyl adjacent to an activating group) is 1. The molecule has 0 aromatic carbocycles. The molecule has 0 aliphatic rings. The highest BCUT2D eigenvalue weighted by atomic mass is 16.5. The Bertz CT molecular complexity index is 303. The van der Waals surface area contributed by atoms with Crippen LogP contribution in [0.2, 0.25) is 0 Å². The molecular weight excluding hydrogens is 180 g/mol. The molecule has 1 heterocycles. The number of hydrogen-bond acceptors (Lipinski definition) is 5. The van der Waals surface area contributed by atoms with E-state index >= 15 is 0 Å². The molecule has 0 saturated carbocycles. The van der Waals surface area contributed by atoms with E-state index in [2.05, 4.69) is 9.97 Å². The van der Waals surface area contributed by atoms with Gasteiger partial charge in [0.15, 0.2) is 0 Å². The number of methoxy groups -OCH3 is 1. The number of nitrogens with zero attached hydrogens (tertiary/aromatic N) is 3. The Labute approximate surface area is 83.9 Å². The number of hydrogen-bond donors (Lipinski definition) is 1. The number of rotatable bonds is 4. The van der Waals surface area contributed by atoms with Crippen LogP contribution in [0.4, 0.5) is 5.82 Å². The van der Waals surface area contributed by atoms with Crippen molar-refractivity contribution in [2.75, 3.05) is 32.1 Å². The second kappa shape index (κ2) is 4.76. The van der Waals surface area contributed by atoms with Crippen molar-refractivity contribution in [2.45, 2.75) is 6.92 Å². The monoisotopic (exact) mass is 196 g/mol. The summed E-state index contributed by atoms with van der Waals surface area (Å²) < 4.78 is 5.05. The first-order chi connectivity index (χ1) is 6.67. The van der Waals surface area contributed by atoms with E-state index in [4.69, 9.17) is 10.5 Å². The molecule has 1 aromatic heterocycles. The van der Waals surface area contributed by atoms with Gasteiger partial charge in [0, 0.05) is 26.2 Å². The van der Waals surface area contributed by atoms with Gasteiger partial charge < -0.3 is 15.4 Å². The number of aryl methyl sites for hydroxylation is 1. The molecule has 0 fully saturated rings. The van der Waals surface area contributed by atoms with E-state index < -0.39 is 0 Å². The summed E-state index contributed by atoms with van der Waals surface area (Å²) in [6.07, 6.45) is 0. The van der Waals surface area contributed by atoms with Gasteiger partial charge in [-0.05, 0) is 6.92 Å². The van der Waals surface area contributed by atoms with Gasteiger partial charge in [0.1, 0.15) is 11.6 Å². The third-order valence-electron chi connectivity index (χ3n) is 1.87. The second-order valence-corrected chi connectivity index (χ2v) is 3.03. The zero-order valence-corrected chi connectivity index (χ0v) is 8.82. The number of nitrogens with two attached hydrogens (primary N) is 1. The molecular formula is C9H16N4O. The van der Waals surface area contributed by atoms with Crippen LogP contribution in [0.25, 0.3) is 0 Å². The minimum absolute atomic E-state index is 0.580. The van der Waals surface area contributed by atoms with Crippen molar-refractivity contribution >= 4 is 5.82 Å². The summed E-state index contributed by atoms with van der Waals surface area (Å²) >= 11 is 0. The average Bonchev–Trinajstić information content (AvgIpc) is 2.17. The van der Waals surface area contributed by atoms with Crippen molar-refractivity contribution in [3.8, 4) is 5.88 Å². The highest BCUT2D eigenvalue weighted by Gasteiger charge is 2.05. The van der Waals surface area contributed by atoms with Crippen LogP contribution in [-0.2, 0) is 0 Å². The third kappa shape index (κ3) is 2.56. The predicted octanol–water partition coefficient (Wildman–Crippen LogP) is 0.189. The second-order valence-electron chi connectivity index (χ2n) is 3.03. The lowest BCUT2D eigenvalue weighted by molar-refractivity contribution is 0.395. The van der Waals surface area contributed by atoms with Crippen LogP contribution in [0.5, 0.6) is 5.88 Å². The number of ether oxygens (including phenoxy) is 1. The molecule has 78 valence electrons. The van der Waals surface area contributed by atoms with E-state index in [-0.39, 0.29) is 0 Å². The van der Waals surface area contributed by atoms with Gasteiger partial charge in [-0.2, -0.15) is 4.98 Å². The van der Waals surface area contributed by atoms with Gasteiger partial charge >= 0.3 is 0 Å². The molecule has 5 nitrogen and oxygen atoms in total. The van der Waals surface area contributed by atoms with Crippen LogP contribution in [0.15, 0.2) is 6.07 Å². The van der Waals surface area contributed by atoms with Crippen molar-refractivity contribution in [3.05, 3.63) is 11.9 Å². The van der Waals surface area contributed by atoms with Crippen LogP contribution >= 0.6 is 0 Å². The van der Waals surface area contributed by atoms with Crippen LogP contribution in [-0.4, -0.2) is 37.2 Å². The molecule has 0 amide bonds. The molecule has 0 atom stereocenters.